The molecular weight excluding hydrogens is 883 g/mol. The zero-order chi connectivity index (χ0) is 49.8. The van der Waals surface area contributed by atoms with E-state index in [1.165, 1.54) is 0 Å². The molecule has 2 aromatic carbocycles. The third-order valence-corrected chi connectivity index (χ3v) is 12.2. The van der Waals surface area contributed by atoms with Gasteiger partial charge in [0.15, 0.2) is 0 Å². The number of ether oxygens (including phenoxy) is 1. The van der Waals surface area contributed by atoms with E-state index in [2.05, 4.69) is 30.7 Å². The number of aliphatic hydroxyl groups excluding tert-OH is 1. The normalized spacial score (nSPS) is 18.0. The quantitative estimate of drug-likeness (QED) is 0.0399. The number of aromatic nitrogens is 1. The number of rotatable bonds is 25. The van der Waals surface area contributed by atoms with Gasteiger partial charge in [-0.05, 0) is 87.6 Å². The van der Waals surface area contributed by atoms with Gasteiger partial charge in [-0.2, -0.15) is 0 Å². The molecule has 0 saturated carbocycles. The van der Waals surface area contributed by atoms with Crippen LogP contribution in [0.2, 0.25) is 0 Å². The van der Waals surface area contributed by atoms with E-state index in [0.717, 1.165) is 22.3 Å². The number of carbonyl (C=O) groups is 7. The Kier molecular flexibility index (Phi) is 21.3. The number of hydrogen-bond acceptors (Lipinski definition) is 13. The summed E-state index contributed by atoms with van der Waals surface area (Å²) in [6.07, 6.45) is 5.44. The van der Waals surface area contributed by atoms with Gasteiger partial charge in [0, 0.05) is 95.2 Å². The van der Waals surface area contributed by atoms with Crippen LogP contribution in [0.15, 0.2) is 79.1 Å². The van der Waals surface area contributed by atoms with Gasteiger partial charge in [0.05, 0.1) is 12.1 Å². The van der Waals surface area contributed by atoms with Crippen molar-refractivity contribution in [2.45, 2.75) is 141 Å². The molecule has 1 aromatic heterocycles. The van der Waals surface area contributed by atoms with Crippen LogP contribution in [0.1, 0.15) is 120 Å². The summed E-state index contributed by atoms with van der Waals surface area (Å²) in [7, 11) is 0. The summed E-state index contributed by atoms with van der Waals surface area (Å²) >= 11 is 0. The first-order valence-corrected chi connectivity index (χ1v) is 24.3. The number of hydroxylamine groups is 2. The Labute approximate surface area is 406 Å². The first kappa shape index (κ1) is 53.9. The van der Waals surface area contributed by atoms with Crippen molar-refractivity contribution in [2.75, 3.05) is 32.7 Å². The smallest absolute Gasteiger partial charge is 0.333 e. The second-order valence-electron chi connectivity index (χ2n) is 19.1. The lowest BCUT2D eigenvalue weighted by Gasteiger charge is -2.42. The maximum atomic E-state index is 14.5. The fourth-order valence-corrected chi connectivity index (χ4v) is 8.77. The number of hydrogen-bond donors (Lipinski definition) is 4. The number of piperazine rings is 1. The van der Waals surface area contributed by atoms with Crippen molar-refractivity contribution in [1.29, 1.82) is 0 Å². The summed E-state index contributed by atoms with van der Waals surface area (Å²) in [6.45, 7) is 10.3. The molecule has 3 aromatic rings. The number of nitrogens with one attached hydrogen (secondary N) is 3. The molecule has 1 aliphatic carbocycles. The molecular formula is C52H71N7O10. The van der Waals surface area contributed by atoms with Gasteiger partial charge in [0.25, 0.3) is 12.3 Å². The van der Waals surface area contributed by atoms with Crippen LogP contribution in [0, 0.1) is 5.92 Å². The molecule has 1 saturated heterocycles. The van der Waals surface area contributed by atoms with Crippen LogP contribution in [-0.2, 0) is 62.5 Å². The Morgan fingerprint density at radius 1 is 0.884 bits per heavy atom. The standard InChI is InChI=1S/C52H71N7O10/c1-5-16-46(63)59(36-60)69-48(65)24-14-22-45(62)54-26-13-7-10-23-47(64)68-41(34-58-28-27-57(33-38-19-15-25-53-32-38)35-43(58)51(67)56-52(2,3)4)30-40(29-37-17-8-6-9-18-37)50(66)55-49-42-21-12-11-20-39(42)31-44(49)61/h6,8-9,11-12,15,17-21,25,32,36,40-41,43-44,49,61H,5,7,10,13-14,16,22-24,26-31,33-35H2,1-4H3,(H,54,62)(H,55,66)(H,56,67)/t40-,41+,43+,44-,49+/m1/s1. The average Bonchev–Trinajstić information content (AvgIpc) is 3.63. The Morgan fingerprint density at radius 3 is 2.35 bits per heavy atom. The minimum atomic E-state index is -0.794. The lowest BCUT2D eigenvalue weighted by Crippen LogP contribution is -2.62. The van der Waals surface area contributed by atoms with Crippen LogP contribution in [0.5, 0.6) is 0 Å². The maximum Gasteiger partial charge on any atom is 0.333 e. The van der Waals surface area contributed by atoms with Crippen LogP contribution in [0.3, 0.4) is 0 Å². The van der Waals surface area contributed by atoms with Gasteiger partial charge in [-0.1, -0.05) is 74.0 Å². The van der Waals surface area contributed by atoms with Crippen molar-refractivity contribution in [1.82, 2.24) is 35.8 Å². The van der Waals surface area contributed by atoms with E-state index >= 15 is 0 Å². The predicted molar refractivity (Wildman–Crippen MR) is 257 cm³/mol. The summed E-state index contributed by atoms with van der Waals surface area (Å²) < 4.78 is 6.32. The summed E-state index contributed by atoms with van der Waals surface area (Å²) in [5.41, 5.74) is 3.31. The number of benzene rings is 2. The van der Waals surface area contributed by atoms with E-state index in [1.54, 1.807) is 13.1 Å². The first-order chi connectivity index (χ1) is 33.1. The molecule has 1 aliphatic heterocycles. The van der Waals surface area contributed by atoms with Gasteiger partial charge in [0.1, 0.15) is 12.1 Å². The predicted octanol–water partition coefficient (Wildman–Crippen LogP) is 4.51. The van der Waals surface area contributed by atoms with E-state index in [0.29, 0.717) is 76.3 Å². The molecule has 2 aliphatic rings. The number of esters is 1. The van der Waals surface area contributed by atoms with Gasteiger partial charge < -0.3 is 30.6 Å². The van der Waals surface area contributed by atoms with Crippen LogP contribution >= 0.6 is 0 Å². The van der Waals surface area contributed by atoms with Gasteiger partial charge in [-0.15, -0.1) is 5.06 Å². The van der Waals surface area contributed by atoms with E-state index in [4.69, 9.17) is 9.57 Å². The van der Waals surface area contributed by atoms with Crippen molar-refractivity contribution >= 4 is 42.0 Å². The number of aliphatic hydroxyl groups is 1. The Bertz CT molecular complexity index is 2150. The van der Waals surface area contributed by atoms with Crippen molar-refractivity contribution in [2.24, 2.45) is 5.92 Å². The number of carbonyl (C=O) groups excluding carboxylic acids is 7. The van der Waals surface area contributed by atoms with Crippen molar-refractivity contribution in [3.8, 4) is 0 Å². The highest BCUT2D eigenvalue weighted by atomic mass is 16.7. The number of fused-ring (bicyclic) bond motifs is 1. The van der Waals surface area contributed by atoms with E-state index in [1.807, 2.05) is 93.7 Å². The third kappa shape index (κ3) is 18.1. The molecule has 0 spiro atoms. The van der Waals surface area contributed by atoms with Crippen molar-refractivity contribution in [3.63, 3.8) is 0 Å². The van der Waals surface area contributed by atoms with Crippen LogP contribution < -0.4 is 16.0 Å². The van der Waals surface area contributed by atoms with Crippen LogP contribution in [0.4, 0.5) is 0 Å². The lowest BCUT2D eigenvalue weighted by molar-refractivity contribution is -0.196. The molecule has 0 radical (unpaired) electrons. The second kappa shape index (κ2) is 27.2. The highest BCUT2D eigenvalue weighted by Crippen LogP contribution is 2.32. The van der Waals surface area contributed by atoms with E-state index in [9.17, 15) is 38.7 Å². The topological polar surface area (TPSA) is 217 Å². The SMILES string of the molecule is CCCC(=O)N(C=O)OC(=O)CCCC(=O)NCCCCCC(=O)O[C@@H](C[C@@H](Cc1ccccc1)C(=O)N[C@H]1c2ccccc2C[C@H]1O)CN1CCN(Cc2cccnc2)C[C@H]1C(=O)NC(C)(C)C. The monoisotopic (exact) mass is 954 g/mol. The van der Waals surface area contributed by atoms with E-state index < -0.39 is 53.6 Å². The fourth-order valence-electron chi connectivity index (χ4n) is 8.77. The molecule has 374 valence electrons. The molecule has 5 amide bonds. The molecule has 4 N–H and O–H groups in total. The fraction of sp³-hybridized carbons (Fsp3) is 0.538. The summed E-state index contributed by atoms with van der Waals surface area (Å²) in [5, 5.41) is 20.6. The molecule has 1 fully saturated rings. The highest BCUT2D eigenvalue weighted by molar-refractivity contribution is 5.87. The molecule has 5 atom stereocenters. The van der Waals surface area contributed by atoms with Gasteiger partial charge in [-0.25, -0.2) is 4.79 Å². The number of nitrogens with zero attached hydrogens (tertiary/aromatic N) is 4. The van der Waals surface area contributed by atoms with Gasteiger partial charge >= 0.3 is 11.9 Å². The number of pyridine rings is 1. The Hall–Kier alpha value is -6.04. The van der Waals surface area contributed by atoms with E-state index in [-0.39, 0.29) is 69.2 Å². The Balaban J connectivity index is 1.24. The lowest BCUT2D eigenvalue weighted by atomic mass is 9.91. The number of unbranched alkanes of at least 4 members (excludes halogenated alkanes) is 2. The molecule has 0 bridgehead atoms. The minimum Gasteiger partial charge on any atom is -0.461 e. The molecule has 17 nitrogen and oxygen atoms in total. The molecule has 17 heteroatoms. The van der Waals surface area contributed by atoms with Crippen LogP contribution in [-0.4, -0.2) is 123 Å². The minimum absolute atomic E-state index is 0.0446. The third-order valence-electron chi connectivity index (χ3n) is 12.2. The number of imide groups is 1. The largest absolute Gasteiger partial charge is 0.461 e. The second-order valence-corrected chi connectivity index (χ2v) is 19.1. The Morgan fingerprint density at radius 2 is 1.62 bits per heavy atom. The first-order valence-electron chi connectivity index (χ1n) is 24.3. The summed E-state index contributed by atoms with van der Waals surface area (Å²) in [6, 6.07) is 20.1. The van der Waals surface area contributed by atoms with Crippen molar-refractivity contribution < 1.29 is 48.2 Å². The average molecular weight is 954 g/mol. The molecule has 2 heterocycles. The highest BCUT2D eigenvalue weighted by Gasteiger charge is 2.38. The maximum absolute atomic E-state index is 14.5. The van der Waals surface area contributed by atoms with Gasteiger partial charge in [0.2, 0.25) is 17.7 Å². The van der Waals surface area contributed by atoms with Gasteiger partial charge in [-0.3, -0.25) is 43.6 Å². The van der Waals surface area contributed by atoms with Crippen LogP contribution in [0.25, 0.3) is 0 Å². The zero-order valence-electron chi connectivity index (χ0n) is 40.6. The zero-order valence-corrected chi connectivity index (χ0v) is 40.6. The molecule has 5 rings (SSSR count). The van der Waals surface area contributed by atoms with Crippen molar-refractivity contribution in [3.05, 3.63) is 101 Å². The summed E-state index contributed by atoms with van der Waals surface area (Å²) in [5.74, 6) is -3.19. The summed E-state index contributed by atoms with van der Waals surface area (Å²) in [4.78, 5) is 103. The number of amides is 5. The molecule has 0 unspecified atom stereocenters. The molecule has 69 heavy (non-hydrogen) atoms.